The van der Waals surface area contributed by atoms with Crippen LogP contribution in [-0.4, -0.2) is 50.7 Å². The Bertz CT molecular complexity index is 1530. The highest BCUT2D eigenvalue weighted by atomic mass is 35.5. The number of nitriles is 1. The van der Waals surface area contributed by atoms with Gasteiger partial charge in [-0.3, -0.25) is 4.90 Å². The molecule has 1 aliphatic heterocycles. The Morgan fingerprint density at radius 2 is 1.88 bits per heavy atom. The van der Waals surface area contributed by atoms with Gasteiger partial charge in [-0.25, -0.2) is 9.38 Å². The lowest BCUT2D eigenvalue weighted by Crippen LogP contribution is -2.46. The van der Waals surface area contributed by atoms with E-state index >= 15 is 0 Å². The van der Waals surface area contributed by atoms with Crippen molar-refractivity contribution < 1.29 is 0 Å². The summed E-state index contributed by atoms with van der Waals surface area (Å²) in [5, 5.41) is 21.9. The molecule has 3 aromatic heterocycles. The summed E-state index contributed by atoms with van der Waals surface area (Å²) in [7, 11) is 0. The molecule has 0 spiro atoms. The fourth-order valence-corrected chi connectivity index (χ4v) is 5.34. The van der Waals surface area contributed by atoms with E-state index in [1.807, 2.05) is 47.8 Å². The van der Waals surface area contributed by atoms with E-state index in [4.69, 9.17) is 16.6 Å². The molecule has 0 saturated carbocycles. The van der Waals surface area contributed by atoms with E-state index in [2.05, 4.69) is 42.6 Å². The maximum absolute atomic E-state index is 9.18. The molecule has 34 heavy (non-hydrogen) atoms. The Kier molecular flexibility index (Phi) is 5.38. The van der Waals surface area contributed by atoms with Crippen LogP contribution in [0.2, 0.25) is 5.02 Å². The van der Waals surface area contributed by atoms with E-state index in [1.54, 1.807) is 11.3 Å². The normalized spacial score (nSPS) is 14.6. The van der Waals surface area contributed by atoms with Crippen molar-refractivity contribution in [2.75, 3.05) is 31.1 Å². The van der Waals surface area contributed by atoms with E-state index in [-0.39, 0.29) is 0 Å². The van der Waals surface area contributed by atoms with E-state index in [1.165, 1.54) is 0 Å². The maximum atomic E-state index is 9.18. The van der Waals surface area contributed by atoms with Crippen molar-refractivity contribution in [2.24, 2.45) is 0 Å². The molecular formula is C25H20ClN7S. The van der Waals surface area contributed by atoms with Crippen molar-refractivity contribution >= 4 is 45.4 Å². The van der Waals surface area contributed by atoms with Gasteiger partial charge < -0.3 is 4.90 Å². The first kappa shape index (κ1) is 21.1. The van der Waals surface area contributed by atoms with Crippen molar-refractivity contribution in [3.8, 4) is 16.8 Å². The van der Waals surface area contributed by atoms with Crippen molar-refractivity contribution in [3.63, 3.8) is 0 Å². The van der Waals surface area contributed by atoms with Crippen molar-refractivity contribution in [1.29, 1.82) is 5.26 Å². The first-order valence-corrected chi connectivity index (χ1v) is 12.3. The predicted molar refractivity (Wildman–Crippen MR) is 135 cm³/mol. The molecule has 2 aromatic carbocycles. The summed E-state index contributed by atoms with van der Waals surface area (Å²) in [6.45, 7) is 4.27. The Labute approximate surface area is 205 Å². The van der Waals surface area contributed by atoms with Gasteiger partial charge in [0, 0.05) is 43.1 Å². The Hall–Kier alpha value is -3.51. The van der Waals surface area contributed by atoms with Crippen LogP contribution in [0, 0.1) is 11.3 Å². The van der Waals surface area contributed by atoms with E-state index in [9.17, 15) is 5.26 Å². The van der Waals surface area contributed by atoms with Gasteiger partial charge in [-0.15, -0.1) is 21.5 Å². The highest BCUT2D eigenvalue weighted by Crippen LogP contribution is 2.31. The van der Waals surface area contributed by atoms with Gasteiger partial charge in [0.1, 0.15) is 0 Å². The van der Waals surface area contributed by atoms with Crippen molar-refractivity contribution in [3.05, 3.63) is 76.1 Å². The molecule has 0 bridgehead atoms. The molecule has 1 fully saturated rings. The second kappa shape index (κ2) is 8.69. The van der Waals surface area contributed by atoms with Crippen LogP contribution in [0.3, 0.4) is 0 Å². The average Bonchev–Trinajstić information content (AvgIpc) is 3.54. The minimum Gasteiger partial charge on any atom is -0.339 e. The third kappa shape index (κ3) is 3.78. The summed E-state index contributed by atoms with van der Waals surface area (Å²) >= 11 is 7.93. The van der Waals surface area contributed by atoms with Crippen LogP contribution in [0.1, 0.15) is 11.1 Å². The number of thiophene rings is 1. The first-order valence-electron chi connectivity index (χ1n) is 11.0. The van der Waals surface area contributed by atoms with Gasteiger partial charge in [0.15, 0.2) is 11.5 Å². The molecule has 4 heterocycles. The summed E-state index contributed by atoms with van der Waals surface area (Å²) in [4.78, 5) is 10.8. The predicted octanol–water partition coefficient (Wildman–Crippen LogP) is 4.85. The number of aromatic nitrogens is 4. The fourth-order valence-electron chi connectivity index (χ4n) is 4.47. The second-order valence-electron chi connectivity index (χ2n) is 8.31. The number of benzene rings is 2. The van der Waals surface area contributed by atoms with Gasteiger partial charge in [0.25, 0.3) is 0 Å². The molecule has 0 N–H and O–H groups in total. The molecule has 0 amide bonds. The maximum Gasteiger partial charge on any atom is 0.213 e. The average molecular weight is 486 g/mol. The number of nitrogens with zero attached hydrogens (tertiary/aromatic N) is 7. The van der Waals surface area contributed by atoms with Gasteiger partial charge in [0.2, 0.25) is 5.95 Å². The lowest BCUT2D eigenvalue weighted by Gasteiger charge is -2.35. The summed E-state index contributed by atoms with van der Waals surface area (Å²) in [6, 6.07) is 19.9. The summed E-state index contributed by atoms with van der Waals surface area (Å²) in [6.07, 6.45) is 0. The third-order valence-corrected chi connectivity index (χ3v) is 7.24. The number of anilines is 1. The largest absolute Gasteiger partial charge is 0.339 e. The Morgan fingerprint density at radius 3 is 2.68 bits per heavy atom. The van der Waals surface area contributed by atoms with Gasteiger partial charge >= 0.3 is 0 Å². The second-order valence-corrected chi connectivity index (χ2v) is 9.69. The standard InChI is InChI=1S/C25H20ClN7S/c26-19-6-7-20-21(14-19)28-25(33-23(20)29-30-24(33)22-5-2-12-34-22)32-10-8-31(9-11-32)16-18-4-1-3-17(13-18)15-27/h1-7,12-14H,8-11,16H2. The summed E-state index contributed by atoms with van der Waals surface area (Å²) in [5.74, 6) is 1.64. The van der Waals surface area contributed by atoms with Gasteiger partial charge in [-0.05, 0) is 47.3 Å². The number of halogens is 1. The van der Waals surface area contributed by atoms with Crippen molar-refractivity contribution in [1.82, 2.24) is 24.5 Å². The van der Waals surface area contributed by atoms with E-state index < -0.39 is 0 Å². The van der Waals surface area contributed by atoms with Crippen LogP contribution < -0.4 is 4.90 Å². The number of fused-ring (bicyclic) bond motifs is 3. The zero-order valence-electron chi connectivity index (χ0n) is 18.2. The molecular weight excluding hydrogens is 466 g/mol. The number of hydrogen-bond acceptors (Lipinski definition) is 7. The van der Waals surface area contributed by atoms with Crippen LogP contribution >= 0.6 is 22.9 Å². The number of hydrogen-bond donors (Lipinski definition) is 0. The molecule has 1 saturated heterocycles. The lowest BCUT2D eigenvalue weighted by molar-refractivity contribution is 0.248. The molecule has 9 heteroatoms. The van der Waals surface area contributed by atoms with Crippen LogP contribution in [0.5, 0.6) is 0 Å². The highest BCUT2D eigenvalue weighted by molar-refractivity contribution is 7.13. The Balaban J connectivity index is 1.35. The molecule has 7 nitrogen and oxygen atoms in total. The minimum absolute atomic E-state index is 0.651. The summed E-state index contributed by atoms with van der Waals surface area (Å²) in [5.41, 5.74) is 3.46. The Morgan fingerprint density at radius 1 is 1.00 bits per heavy atom. The minimum atomic E-state index is 0.651. The number of piperazine rings is 1. The van der Waals surface area contributed by atoms with Crippen LogP contribution in [0.25, 0.3) is 27.3 Å². The molecule has 1 aliphatic rings. The molecule has 5 aromatic rings. The zero-order chi connectivity index (χ0) is 23.1. The lowest BCUT2D eigenvalue weighted by atomic mass is 10.1. The molecule has 0 radical (unpaired) electrons. The summed E-state index contributed by atoms with van der Waals surface area (Å²) < 4.78 is 2.08. The molecule has 0 aliphatic carbocycles. The molecule has 0 unspecified atom stereocenters. The molecule has 0 atom stereocenters. The topological polar surface area (TPSA) is 73.3 Å². The van der Waals surface area contributed by atoms with Crippen LogP contribution in [0.4, 0.5) is 5.95 Å². The van der Waals surface area contributed by atoms with E-state index in [0.29, 0.717) is 10.6 Å². The van der Waals surface area contributed by atoms with E-state index in [0.717, 1.165) is 71.5 Å². The first-order chi connectivity index (χ1) is 16.7. The quantitative estimate of drug-likeness (QED) is 0.362. The van der Waals surface area contributed by atoms with Gasteiger partial charge in [-0.1, -0.05) is 29.8 Å². The van der Waals surface area contributed by atoms with Gasteiger partial charge in [-0.2, -0.15) is 5.26 Å². The SMILES string of the molecule is N#Cc1cccc(CN2CCN(c3nc4cc(Cl)ccc4c4nnc(-c5cccs5)n34)CC2)c1. The smallest absolute Gasteiger partial charge is 0.213 e. The van der Waals surface area contributed by atoms with Crippen molar-refractivity contribution in [2.45, 2.75) is 6.54 Å². The van der Waals surface area contributed by atoms with Gasteiger partial charge in [0.05, 0.1) is 22.0 Å². The zero-order valence-corrected chi connectivity index (χ0v) is 19.8. The van der Waals surface area contributed by atoms with Crippen LogP contribution in [-0.2, 0) is 6.54 Å². The fraction of sp³-hybridized carbons (Fsp3) is 0.200. The van der Waals surface area contributed by atoms with Crippen LogP contribution in [0.15, 0.2) is 60.0 Å². The number of rotatable bonds is 4. The molecule has 168 valence electrons. The molecule has 6 rings (SSSR count). The monoisotopic (exact) mass is 485 g/mol. The highest BCUT2D eigenvalue weighted by Gasteiger charge is 2.24. The third-order valence-electron chi connectivity index (χ3n) is 6.14.